The molecule has 0 saturated heterocycles. The van der Waals surface area contributed by atoms with Gasteiger partial charge >= 0.3 is 0 Å². The minimum atomic E-state index is 0.368. The summed E-state index contributed by atoms with van der Waals surface area (Å²) < 4.78 is 0. The molecule has 4 atom stereocenters. The largest absolute Gasteiger partial charge is 0.307 e. The van der Waals surface area contributed by atoms with Crippen LogP contribution in [0.1, 0.15) is 58.1 Å². The molecule has 3 heteroatoms. The van der Waals surface area contributed by atoms with Crippen molar-refractivity contribution < 1.29 is 0 Å². The maximum Gasteiger partial charge on any atom is 0.0595 e. The Morgan fingerprint density at radius 3 is 2.50 bits per heavy atom. The maximum absolute atomic E-state index is 6.15. The molecule has 0 bridgehead atoms. The highest BCUT2D eigenvalue weighted by Gasteiger charge is 2.32. The number of hydrogen-bond acceptors (Lipinski definition) is 1. The van der Waals surface area contributed by atoms with Crippen LogP contribution in [0.15, 0.2) is 18.2 Å². The molecule has 1 nitrogen and oxygen atoms in total. The van der Waals surface area contributed by atoms with Gasteiger partial charge < -0.3 is 5.32 Å². The van der Waals surface area contributed by atoms with Crippen molar-refractivity contribution in [2.75, 3.05) is 0 Å². The summed E-state index contributed by atoms with van der Waals surface area (Å²) in [6, 6.07) is 6.98. The van der Waals surface area contributed by atoms with E-state index in [4.69, 9.17) is 23.2 Å². The predicted octanol–water partition coefficient (Wildman–Crippen LogP) is 5.86. The zero-order valence-corrected chi connectivity index (χ0v) is 14.1. The van der Waals surface area contributed by atoms with Crippen molar-refractivity contribution in [1.29, 1.82) is 0 Å². The Kier molecular flexibility index (Phi) is 5.77. The highest BCUT2D eigenvalue weighted by molar-refractivity contribution is 6.42. The molecule has 1 aliphatic rings. The number of hydrogen-bond donors (Lipinski definition) is 1. The van der Waals surface area contributed by atoms with Crippen LogP contribution in [0.5, 0.6) is 0 Å². The van der Waals surface area contributed by atoms with Gasteiger partial charge in [0.25, 0.3) is 0 Å². The zero-order valence-electron chi connectivity index (χ0n) is 12.6. The van der Waals surface area contributed by atoms with Gasteiger partial charge in [-0.2, -0.15) is 0 Å². The molecule has 0 radical (unpaired) electrons. The van der Waals surface area contributed by atoms with Crippen molar-refractivity contribution in [3.8, 4) is 0 Å². The van der Waals surface area contributed by atoms with Gasteiger partial charge in [0.15, 0.2) is 0 Å². The lowest BCUT2D eigenvalue weighted by atomic mass is 9.92. The zero-order chi connectivity index (χ0) is 14.7. The topological polar surface area (TPSA) is 12.0 Å². The lowest BCUT2D eigenvalue weighted by Gasteiger charge is -2.27. The minimum Gasteiger partial charge on any atom is -0.307 e. The molecule has 0 spiro atoms. The van der Waals surface area contributed by atoms with Gasteiger partial charge in [0, 0.05) is 12.1 Å². The minimum absolute atomic E-state index is 0.368. The van der Waals surface area contributed by atoms with Gasteiger partial charge in [-0.25, -0.2) is 0 Å². The van der Waals surface area contributed by atoms with Crippen LogP contribution >= 0.6 is 23.2 Å². The Morgan fingerprint density at radius 2 is 1.95 bits per heavy atom. The molecular weight excluding hydrogens is 289 g/mol. The van der Waals surface area contributed by atoms with E-state index in [0.717, 1.165) is 18.3 Å². The molecular formula is C17H25Cl2N. The van der Waals surface area contributed by atoms with E-state index in [1.165, 1.54) is 24.8 Å². The molecule has 0 amide bonds. The van der Waals surface area contributed by atoms with Crippen LogP contribution in [0.25, 0.3) is 0 Å². The van der Waals surface area contributed by atoms with Gasteiger partial charge in [0.1, 0.15) is 0 Å². The van der Waals surface area contributed by atoms with Crippen LogP contribution in [0.4, 0.5) is 0 Å². The summed E-state index contributed by atoms with van der Waals surface area (Å²) in [6.45, 7) is 6.91. The molecule has 0 heterocycles. The van der Waals surface area contributed by atoms with Gasteiger partial charge in [-0.3, -0.25) is 0 Å². The number of rotatable bonds is 5. The van der Waals surface area contributed by atoms with Crippen LogP contribution in [0.3, 0.4) is 0 Å². The van der Waals surface area contributed by atoms with Gasteiger partial charge in [-0.15, -0.1) is 0 Å². The highest BCUT2D eigenvalue weighted by Crippen LogP contribution is 2.36. The summed E-state index contributed by atoms with van der Waals surface area (Å²) in [5.41, 5.74) is 1.24. The molecule has 1 saturated carbocycles. The Balaban J connectivity index is 2.07. The summed E-state index contributed by atoms with van der Waals surface area (Å²) >= 11 is 12.2. The molecule has 1 aromatic rings. The lowest BCUT2D eigenvalue weighted by Crippen LogP contribution is -2.35. The van der Waals surface area contributed by atoms with Gasteiger partial charge in [-0.1, -0.05) is 56.5 Å². The predicted molar refractivity (Wildman–Crippen MR) is 88.6 cm³/mol. The van der Waals surface area contributed by atoms with E-state index in [-0.39, 0.29) is 0 Å². The normalized spacial score (nSPS) is 27.8. The summed E-state index contributed by atoms with van der Waals surface area (Å²) in [4.78, 5) is 0. The first-order valence-corrected chi connectivity index (χ1v) is 8.53. The molecule has 0 aliphatic heterocycles. The van der Waals surface area contributed by atoms with Crippen molar-refractivity contribution in [2.45, 2.75) is 58.5 Å². The third-order valence-electron chi connectivity index (χ3n) is 4.92. The molecule has 1 fully saturated rings. The average molecular weight is 314 g/mol. The Morgan fingerprint density at radius 1 is 1.20 bits per heavy atom. The van der Waals surface area contributed by atoms with Crippen LogP contribution in [0.2, 0.25) is 10.0 Å². The second-order valence-electron chi connectivity index (χ2n) is 6.01. The Bertz CT molecular complexity index is 447. The number of halogens is 2. The van der Waals surface area contributed by atoms with E-state index < -0.39 is 0 Å². The first kappa shape index (κ1) is 16.1. The fourth-order valence-corrected chi connectivity index (χ4v) is 3.80. The van der Waals surface area contributed by atoms with Crippen LogP contribution in [-0.2, 0) is 0 Å². The van der Waals surface area contributed by atoms with E-state index in [2.05, 4.69) is 32.2 Å². The van der Waals surface area contributed by atoms with E-state index >= 15 is 0 Å². The van der Waals surface area contributed by atoms with Crippen molar-refractivity contribution in [3.05, 3.63) is 33.8 Å². The summed E-state index contributed by atoms with van der Waals surface area (Å²) in [5, 5.41) is 5.12. The quantitative estimate of drug-likeness (QED) is 0.718. The smallest absolute Gasteiger partial charge is 0.0595 e. The Labute approximate surface area is 133 Å². The highest BCUT2D eigenvalue weighted by atomic mass is 35.5. The van der Waals surface area contributed by atoms with Crippen molar-refractivity contribution in [3.63, 3.8) is 0 Å². The van der Waals surface area contributed by atoms with E-state index in [1.54, 1.807) is 0 Å². The average Bonchev–Trinajstić information content (AvgIpc) is 2.80. The molecule has 0 aromatic heterocycles. The molecule has 112 valence electrons. The van der Waals surface area contributed by atoms with E-state index in [0.29, 0.717) is 22.1 Å². The van der Waals surface area contributed by atoms with Crippen LogP contribution in [-0.4, -0.2) is 6.04 Å². The van der Waals surface area contributed by atoms with Crippen LogP contribution in [0, 0.1) is 11.8 Å². The first-order valence-electron chi connectivity index (χ1n) is 7.77. The summed E-state index contributed by atoms with van der Waals surface area (Å²) in [5.74, 6) is 1.63. The Hall–Kier alpha value is -0.240. The fourth-order valence-electron chi connectivity index (χ4n) is 3.50. The van der Waals surface area contributed by atoms with Gasteiger partial charge in [0.05, 0.1) is 10.0 Å². The fraction of sp³-hybridized carbons (Fsp3) is 0.647. The van der Waals surface area contributed by atoms with Crippen molar-refractivity contribution >= 4 is 23.2 Å². The molecule has 1 aliphatic carbocycles. The third kappa shape index (κ3) is 3.50. The number of benzene rings is 1. The standard InChI is InChI=1S/C17H25Cl2N/c1-4-12-7-9-17(11(12)3)20-16(5-2)13-6-8-14(18)15(19)10-13/h6,8,10-12,16-17,20H,4-5,7,9H2,1-3H3. The molecule has 1 aromatic carbocycles. The second-order valence-corrected chi connectivity index (χ2v) is 6.83. The van der Waals surface area contributed by atoms with Crippen LogP contribution < -0.4 is 5.32 Å². The second kappa shape index (κ2) is 7.15. The van der Waals surface area contributed by atoms with Crippen molar-refractivity contribution in [2.24, 2.45) is 11.8 Å². The SMILES string of the molecule is CCC(NC1CCC(CC)C1C)c1ccc(Cl)c(Cl)c1. The molecule has 1 N–H and O–H groups in total. The maximum atomic E-state index is 6.15. The van der Waals surface area contributed by atoms with Crippen molar-refractivity contribution in [1.82, 2.24) is 5.32 Å². The first-order chi connectivity index (χ1) is 9.56. The monoisotopic (exact) mass is 313 g/mol. The molecule has 20 heavy (non-hydrogen) atoms. The van der Waals surface area contributed by atoms with Gasteiger partial charge in [-0.05, 0) is 48.8 Å². The lowest BCUT2D eigenvalue weighted by molar-refractivity contribution is 0.318. The third-order valence-corrected chi connectivity index (χ3v) is 5.66. The van der Waals surface area contributed by atoms with Gasteiger partial charge in [0.2, 0.25) is 0 Å². The summed E-state index contributed by atoms with van der Waals surface area (Å²) in [7, 11) is 0. The molecule has 2 rings (SSSR count). The number of nitrogens with one attached hydrogen (secondary N) is 1. The molecule has 4 unspecified atom stereocenters. The van der Waals surface area contributed by atoms with E-state index in [1.807, 2.05) is 12.1 Å². The van der Waals surface area contributed by atoms with E-state index in [9.17, 15) is 0 Å². The summed E-state index contributed by atoms with van der Waals surface area (Å²) in [6.07, 6.45) is 5.01.